The topological polar surface area (TPSA) is 119 Å². The van der Waals surface area contributed by atoms with Gasteiger partial charge in [-0.25, -0.2) is 0 Å². The lowest BCUT2D eigenvalue weighted by Crippen LogP contribution is -2.39. The zero-order chi connectivity index (χ0) is 27.7. The quantitative estimate of drug-likeness (QED) is 0.337. The molecule has 1 saturated heterocycles. The van der Waals surface area contributed by atoms with E-state index in [1.807, 2.05) is 18.2 Å². The van der Waals surface area contributed by atoms with Gasteiger partial charge in [-0.2, -0.15) is 0 Å². The van der Waals surface area contributed by atoms with E-state index in [4.69, 9.17) is 28.3 Å². The van der Waals surface area contributed by atoms with Crippen molar-refractivity contribution < 1.29 is 24.3 Å². The predicted molar refractivity (Wildman–Crippen MR) is 154 cm³/mol. The van der Waals surface area contributed by atoms with Crippen LogP contribution in [0.1, 0.15) is 42.9 Å². The van der Waals surface area contributed by atoms with Gasteiger partial charge in [0, 0.05) is 32.1 Å². The van der Waals surface area contributed by atoms with E-state index >= 15 is 0 Å². The minimum Gasteiger partial charge on any atom is -0.480 e. The van der Waals surface area contributed by atoms with Crippen LogP contribution in [0.15, 0.2) is 42.5 Å². The maximum atomic E-state index is 13.3. The van der Waals surface area contributed by atoms with Gasteiger partial charge in [-0.3, -0.25) is 19.2 Å². The maximum absolute atomic E-state index is 13.3. The number of aliphatic carboxylic acids is 1. The zero-order valence-electron chi connectivity index (χ0n) is 21.6. The SMILES string of the molecule is CN(C(=O)Cc1ccc(Cl)c(Cl)c1)[C@H](CN1CCCC1)c1cccc(NC(=O)CCC(=O)NCC(=O)O)c1.Cl. The molecule has 0 aliphatic carbocycles. The molecule has 212 valence electrons. The van der Waals surface area contributed by atoms with Gasteiger partial charge < -0.3 is 25.5 Å². The molecule has 1 aliphatic rings. The second-order valence-electron chi connectivity index (χ2n) is 9.30. The van der Waals surface area contributed by atoms with Gasteiger partial charge in [-0.1, -0.05) is 41.4 Å². The van der Waals surface area contributed by atoms with Gasteiger partial charge in [-0.15, -0.1) is 12.4 Å². The van der Waals surface area contributed by atoms with Crippen LogP contribution in [0.2, 0.25) is 10.0 Å². The van der Waals surface area contributed by atoms with Crippen molar-refractivity contribution in [1.82, 2.24) is 15.1 Å². The Morgan fingerprint density at radius 1 is 1.00 bits per heavy atom. The summed E-state index contributed by atoms with van der Waals surface area (Å²) in [6, 6.07) is 12.2. The van der Waals surface area contributed by atoms with E-state index in [0.29, 0.717) is 22.3 Å². The average Bonchev–Trinajstić information content (AvgIpc) is 3.40. The molecule has 0 spiro atoms. The van der Waals surface area contributed by atoms with E-state index < -0.39 is 18.4 Å². The van der Waals surface area contributed by atoms with Crippen LogP contribution in [0.5, 0.6) is 0 Å². The Labute approximate surface area is 244 Å². The summed E-state index contributed by atoms with van der Waals surface area (Å²) in [6.07, 6.45) is 2.19. The molecule has 2 aromatic rings. The van der Waals surface area contributed by atoms with Crippen LogP contribution in [-0.2, 0) is 25.6 Å². The average molecular weight is 600 g/mol. The molecule has 1 aliphatic heterocycles. The van der Waals surface area contributed by atoms with Crippen molar-refractivity contribution in [2.75, 3.05) is 38.5 Å². The van der Waals surface area contributed by atoms with E-state index in [9.17, 15) is 19.2 Å². The Hall–Kier alpha value is -2.85. The van der Waals surface area contributed by atoms with Crippen molar-refractivity contribution in [3.63, 3.8) is 0 Å². The van der Waals surface area contributed by atoms with Crippen LogP contribution in [0.4, 0.5) is 5.69 Å². The van der Waals surface area contributed by atoms with Crippen LogP contribution in [0, 0.1) is 0 Å². The Morgan fingerprint density at radius 3 is 2.36 bits per heavy atom. The molecule has 0 unspecified atom stereocenters. The summed E-state index contributed by atoms with van der Waals surface area (Å²) in [6.45, 7) is 2.10. The van der Waals surface area contributed by atoms with Gasteiger partial charge in [0.2, 0.25) is 17.7 Å². The highest BCUT2D eigenvalue weighted by Gasteiger charge is 2.26. The zero-order valence-corrected chi connectivity index (χ0v) is 23.9. The first-order chi connectivity index (χ1) is 18.1. The van der Waals surface area contributed by atoms with Crippen molar-refractivity contribution in [3.05, 3.63) is 63.6 Å². The number of rotatable bonds is 12. The smallest absolute Gasteiger partial charge is 0.322 e. The molecule has 3 amide bonds. The van der Waals surface area contributed by atoms with Crippen molar-refractivity contribution >= 4 is 65.0 Å². The van der Waals surface area contributed by atoms with Gasteiger partial charge in [0.25, 0.3) is 0 Å². The number of hydrogen-bond acceptors (Lipinski definition) is 5. The lowest BCUT2D eigenvalue weighted by atomic mass is 10.0. The monoisotopic (exact) mass is 598 g/mol. The Morgan fingerprint density at radius 2 is 1.69 bits per heavy atom. The van der Waals surface area contributed by atoms with Gasteiger partial charge >= 0.3 is 5.97 Å². The largest absolute Gasteiger partial charge is 0.480 e. The summed E-state index contributed by atoms with van der Waals surface area (Å²) in [4.78, 5) is 52.0. The molecular weight excluding hydrogens is 567 g/mol. The number of carbonyl (C=O) groups is 4. The number of carboxylic acids is 1. The van der Waals surface area contributed by atoms with E-state index in [2.05, 4.69) is 15.5 Å². The Kier molecular flexibility index (Phi) is 13.0. The predicted octanol–water partition coefficient (Wildman–Crippen LogP) is 4.17. The molecule has 2 aromatic carbocycles. The number of likely N-dealkylation sites (N-methyl/N-ethyl adjacent to an activating group) is 1. The lowest BCUT2D eigenvalue weighted by molar-refractivity contribution is -0.138. The fraction of sp³-hybridized carbons (Fsp3) is 0.407. The fourth-order valence-electron chi connectivity index (χ4n) is 4.32. The first kappa shape index (κ1) is 32.4. The van der Waals surface area contributed by atoms with Gasteiger partial charge in [-0.05, 0) is 61.3 Å². The second-order valence-corrected chi connectivity index (χ2v) is 10.1. The van der Waals surface area contributed by atoms with Crippen LogP contribution in [0.3, 0.4) is 0 Å². The van der Waals surface area contributed by atoms with E-state index in [1.54, 1.807) is 36.2 Å². The molecule has 1 fully saturated rings. The summed E-state index contributed by atoms with van der Waals surface area (Å²) in [5.74, 6) is -2.10. The highest BCUT2D eigenvalue weighted by molar-refractivity contribution is 6.42. The van der Waals surface area contributed by atoms with Crippen LogP contribution in [0.25, 0.3) is 0 Å². The molecule has 0 radical (unpaired) electrons. The standard InChI is InChI=1S/C27H32Cl2N4O5.ClH/c1-32(26(36)14-18-7-8-21(28)22(29)13-18)23(17-33-11-2-3-12-33)19-5-4-6-20(15-19)31-25(35)10-9-24(34)30-16-27(37)38;/h4-8,13,15,23H,2-3,9-12,14,16-17H2,1H3,(H,30,34)(H,31,35)(H,37,38);1H/t23-;/m1./s1. The molecule has 3 N–H and O–H groups in total. The first-order valence-corrected chi connectivity index (χ1v) is 13.2. The fourth-order valence-corrected chi connectivity index (χ4v) is 4.64. The number of amides is 3. The van der Waals surface area contributed by atoms with Crippen molar-refractivity contribution in [2.45, 2.75) is 38.1 Å². The second kappa shape index (κ2) is 15.7. The third kappa shape index (κ3) is 10.3. The highest BCUT2D eigenvalue weighted by atomic mass is 35.5. The molecule has 1 atom stereocenters. The minimum atomic E-state index is -1.15. The van der Waals surface area contributed by atoms with E-state index in [0.717, 1.165) is 37.1 Å². The lowest BCUT2D eigenvalue weighted by Gasteiger charge is -2.32. The number of anilines is 1. The Bertz CT molecular complexity index is 1170. The molecule has 12 heteroatoms. The Balaban J connectivity index is 0.00000533. The van der Waals surface area contributed by atoms with Gasteiger partial charge in [0.15, 0.2) is 0 Å². The van der Waals surface area contributed by atoms with Crippen LogP contribution in [-0.4, -0.2) is 71.8 Å². The molecule has 39 heavy (non-hydrogen) atoms. The molecule has 0 saturated carbocycles. The molecule has 1 heterocycles. The number of hydrogen-bond donors (Lipinski definition) is 3. The third-order valence-electron chi connectivity index (χ3n) is 6.40. The van der Waals surface area contributed by atoms with E-state index in [-0.39, 0.29) is 49.5 Å². The summed E-state index contributed by atoms with van der Waals surface area (Å²) < 4.78 is 0. The number of nitrogens with one attached hydrogen (secondary N) is 2. The summed E-state index contributed by atoms with van der Waals surface area (Å²) in [7, 11) is 1.78. The van der Waals surface area contributed by atoms with Gasteiger partial charge in [0.1, 0.15) is 6.54 Å². The molecule has 3 rings (SSSR count). The van der Waals surface area contributed by atoms with Gasteiger partial charge in [0.05, 0.1) is 22.5 Å². The summed E-state index contributed by atoms with van der Waals surface area (Å²) in [5, 5.41) is 14.5. The first-order valence-electron chi connectivity index (χ1n) is 12.4. The maximum Gasteiger partial charge on any atom is 0.322 e. The summed E-state index contributed by atoms with van der Waals surface area (Å²) >= 11 is 12.1. The number of halogens is 3. The van der Waals surface area contributed by atoms with Crippen molar-refractivity contribution in [3.8, 4) is 0 Å². The minimum absolute atomic E-state index is 0. The van der Waals surface area contributed by atoms with E-state index in [1.165, 1.54) is 0 Å². The number of likely N-dealkylation sites (tertiary alicyclic amines) is 1. The highest BCUT2D eigenvalue weighted by Crippen LogP contribution is 2.27. The van der Waals surface area contributed by atoms with Crippen molar-refractivity contribution in [2.24, 2.45) is 0 Å². The van der Waals surface area contributed by atoms with Crippen molar-refractivity contribution in [1.29, 1.82) is 0 Å². The molecular formula is C27H33Cl3N4O5. The molecule has 0 aromatic heterocycles. The number of carbonyl (C=O) groups excluding carboxylic acids is 3. The number of benzene rings is 2. The third-order valence-corrected chi connectivity index (χ3v) is 7.14. The number of nitrogens with zero attached hydrogens (tertiary/aromatic N) is 2. The van der Waals surface area contributed by atoms with Crippen LogP contribution < -0.4 is 10.6 Å². The molecule has 9 nitrogen and oxygen atoms in total. The normalized spacial score (nSPS) is 13.7. The number of carboxylic acid groups (broad SMARTS) is 1. The molecule has 0 bridgehead atoms. The van der Waals surface area contributed by atoms with Crippen LogP contribution >= 0.6 is 35.6 Å². The summed E-state index contributed by atoms with van der Waals surface area (Å²) in [5.41, 5.74) is 2.19.